The van der Waals surface area contributed by atoms with Crippen LogP contribution in [0, 0.1) is 0 Å². The maximum Gasteiger partial charge on any atom is 0.306 e. The molecule has 1 N–H and O–H groups in total. The van der Waals surface area contributed by atoms with E-state index in [1.165, 1.54) is 0 Å². The Kier molecular flexibility index (Phi) is 4.34. The number of hydrogen-bond donors (Lipinski definition) is 1. The van der Waals surface area contributed by atoms with Crippen molar-refractivity contribution in [2.75, 3.05) is 19.7 Å². The van der Waals surface area contributed by atoms with Gasteiger partial charge in [0.25, 0.3) is 5.91 Å². The first kappa shape index (κ1) is 15.6. The lowest BCUT2D eigenvalue weighted by Crippen LogP contribution is -2.46. The van der Waals surface area contributed by atoms with E-state index in [-0.39, 0.29) is 12.3 Å². The molecule has 6 heteroatoms. The van der Waals surface area contributed by atoms with E-state index in [2.05, 4.69) is 4.57 Å². The molecule has 1 aliphatic rings. The van der Waals surface area contributed by atoms with Crippen LogP contribution in [0.1, 0.15) is 23.7 Å². The van der Waals surface area contributed by atoms with Gasteiger partial charge in [-0.2, -0.15) is 0 Å². The highest BCUT2D eigenvalue weighted by atomic mass is 16.5. The van der Waals surface area contributed by atoms with Gasteiger partial charge in [0, 0.05) is 36.7 Å². The molecule has 122 valence electrons. The molecular weight excluding hydrogens is 296 g/mol. The largest absolute Gasteiger partial charge is 0.481 e. The number of fused-ring (bicyclic) bond motifs is 1. The van der Waals surface area contributed by atoms with Crippen LogP contribution < -0.4 is 0 Å². The fraction of sp³-hybridized carbons (Fsp3) is 0.412. The van der Waals surface area contributed by atoms with Crippen LogP contribution >= 0.6 is 0 Å². The molecule has 1 aromatic carbocycles. The molecular formula is C17H20N2O4. The van der Waals surface area contributed by atoms with Crippen molar-refractivity contribution in [3.05, 3.63) is 36.0 Å². The maximum atomic E-state index is 12.9. The van der Waals surface area contributed by atoms with E-state index in [4.69, 9.17) is 9.84 Å². The minimum Gasteiger partial charge on any atom is -0.481 e. The van der Waals surface area contributed by atoms with E-state index >= 15 is 0 Å². The lowest BCUT2D eigenvalue weighted by atomic mass is 10.1. The Morgan fingerprint density at radius 3 is 2.87 bits per heavy atom. The van der Waals surface area contributed by atoms with Gasteiger partial charge in [0.15, 0.2) is 0 Å². The van der Waals surface area contributed by atoms with E-state index in [9.17, 15) is 9.59 Å². The van der Waals surface area contributed by atoms with Gasteiger partial charge in [0.2, 0.25) is 0 Å². The predicted octanol–water partition coefficient (Wildman–Crippen LogP) is 1.98. The minimum atomic E-state index is -0.910. The zero-order chi connectivity index (χ0) is 16.4. The minimum absolute atomic E-state index is 0.0629. The lowest BCUT2D eigenvalue weighted by Gasteiger charge is -2.32. The van der Waals surface area contributed by atoms with Gasteiger partial charge in [-0.1, -0.05) is 18.2 Å². The van der Waals surface area contributed by atoms with E-state index < -0.39 is 12.1 Å². The fourth-order valence-electron chi connectivity index (χ4n) is 3.07. The number of aliphatic carboxylic acids is 1. The SMILES string of the molecule is CCn1cc(C(=O)N2CCOC(CC(=O)O)C2)c2ccccc21. The van der Waals surface area contributed by atoms with Crippen LogP contribution in [0.4, 0.5) is 0 Å². The summed E-state index contributed by atoms with van der Waals surface area (Å²) >= 11 is 0. The number of ether oxygens (including phenoxy) is 1. The van der Waals surface area contributed by atoms with Gasteiger partial charge >= 0.3 is 5.97 Å². The highest BCUT2D eigenvalue weighted by Crippen LogP contribution is 2.23. The number of nitrogens with zero attached hydrogens (tertiary/aromatic N) is 2. The Bertz CT molecular complexity index is 737. The number of aromatic nitrogens is 1. The molecule has 0 bridgehead atoms. The zero-order valence-corrected chi connectivity index (χ0v) is 13.1. The second-order valence-electron chi connectivity index (χ2n) is 5.69. The van der Waals surface area contributed by atoms with Gasteiger partial charge < -0.3 is 19.3 Å². The van der Waals surface area contributed by atoms with Crippen LogP contribution in [0.15, 0.2) is 30.5 Å². The number of carbonyl (C=O) groups excluding carboxylic acids is 1. The molecule has 23 heavy (non-hydrogen) atoms. The normalized spacial score (nSPS) is 18.3. The summed E-state index contributed by atoms with van der Waals surface area (Å²) in [4.78, 5) is 25.4. The van der Waals surface area contributed by atoms with Crippen molar-refractivity contribution in [3.63, 3.8) is 0 Å². The Morgan fingerprint density at radius 1 is 1.35 bits per heavy atom. The van der Waals surface area contributed by atoms with Gasteiger partial charge in [0.05, 0.1) is 24.7 Å². The van der Waals surface area contributed by atoms with Crippen LogP contribution in [0.5, 0.6) is 0 Å². The van der Waals surface area contributed by atoms with Gasteiger partial charge in [-0.25, -0.2) is 0 Å². The summed E-state index contributed by atoms with van der Waals surface area (Å²) in [7, 11) is 0. The molecule has 1 saturated heterocycles. The Hall–Kier alpha value is -2.34. The van der Waals surface area contributed by atoms with Gasteiger partial charge in [0.1, 0.15) is 0 Å². The standard InChI is InChI=1S/C17H20N2O4/c1-2-18-11-14(13-5-3-4-6-15(13)18)17(22)19-7-8-23-12(10-19)9-16(20)21/h3-6,11-12H,2,7-10H2,1H3,(H,20,21). The van der Waals surface area contributed by atoms with E-state index in [1.807, 2.05) is 37.4 Å². The van der Waals surface area contributed by atoms with E-state index in [0.717, 1.165) is 17.4 Å². The van der Waals surface area contributed by atoms with Crippen molar-refractivity contribution in [2.45, 2.75) is 26.0 Å². The number of para-hydroxylation sites is 1. The van der Waals surface area contributed by atoms with Gasteiger partial charge in [-0.15, -0.1) is 0 Å². The molecule has 2 heterocycles. The van der Waals surface area contributed by atoms with Crippen molar-refractivity contribution < 1.29 is 19.4 Å². The number of benzene rings is 1. The number of aryl methyl sites for hydroxylation is 1. The second kappa shape index (κ2) is 6.42. The summed E-state index contributed by atoms with van der Waals surface area (Å²) in [5.41, 5.74) is 1.70. The molecule has 1 fully saturated rings. The van der Waals surface area contributed by atoms with Crippen molar-refractivity contribution in [1.82, 2.24) is 9.47 Å². The third kappa shape index (κ3) is 3.07. The number of hydrogen-bond acceptors (Lipinski definition) is 3. The zero-order valence-electron chi connectivity index (χ0n) is 13.1. The molecule has 2 aromatic rings. The molecule has 1 amide bonds. The molecule has 0 radical (unpaired) electrons. The molecule has 6 nitrogen and oxygen atoms in total. The van der Waals surface area contributed by atoms with Crippen molar-refractivity contribution in [3.8, 4) is 0 Å². The highest BCUT2D eigenvalue weighted by Gasteiger charge is 2.28. The first-order chi connectivity index (χ1) is 11.1. The van der Waals surface area contributed by atoms with E-state index in [1.54, 1.807) is 4.90 Å². The second-order valence-corrected chi connectivity index (χ2v) is 5.69. The molecule has 0 spiro atoms. The first-order valence-electron chi connectivity index (χ1n) is 7.80. The third-order valence-electron chi connectivity index (χ3n) is 4.19. The van der Waals surface area contributed by atoms with Crippen LogP contribution in [0.2, 0.25) is 0 Å². The van der Waals surface area contributed by atoms with Crippen molar-refractivity contribution in [1.29, 1.82) is 0 Å². The van der Waals surface area contributed by atoms with Crippen LogP contribution in [-0.4, -0.2) is 52.3 Å². The van der Waals surface area contributed by atoms with E-state index in [0.29, 0.717) is 25.3 Å². The summed E-state index contributed by atoms with van der Waals surface area (Å²) in [5.74, 6) is -0.973. The smallest absolute Gasteiger partial charge is 0.306 e. The number of amides is 1. The summed E-state index contributed by atoms with van der Waals surface area (Å²) in [6.45, 7) is 4.00. The monoisotopic (exact) mass is 316 g/mol. The van der Waals surface area contributed by atoms with Gasteiger partial charge in [-0.3, -0.25) is 9.59 Å². The summed E-state index contributed by atoms with van der Waals surface area (Å²) in [6, 6.07) is 7.83. The van der Waals surface area contributed by atoms with Crippen molar-refractivity contribution >= 4 is 22.8 Å². The number of carbonyl (C=O) groups is 2. The molecule has 1 aliphatic heterocycles. The maximum absolute atomic E-state index is 12.9. The first-order valence-corrected chi connectivity index (χ1v) is 7.80. The summed E-state index contributed by atoms with van der Waals surface area (Å²) < 4.78 is 7.49. The van der Waals surface area contributed by atoms with Gasteiger partial charge in [-0.05, 0) is 13.0 Å². The predicted molar refractivity (Wildman–Crippen MR) is 85.5 cm³/mol. The number of morpholine rings is 1. The number of carboxylic acids is 1. The third-order valence-corrected chi connectivity index (χ3v) is 4.19. The lowest BCUT2D eigenvalue weighted by molar-refractivity contribution is -0.141. The molecule has 0 aliphatic carbocycles. The Morgan fingerprint density at radius 2 is 2.13 bits per heavy atom. The summed E-state index contributed by atoms with van der Waals surface area (Å²) in [6.07, 6.45) is 1.36. The average Bonchev–Trinajstić information content (AvgIpc) is 2.92. The number of rotatable bonds is 4. The average molecular weight is 316 g/mol. The van der Waals surface area contributed by atoms with Crippen LogP contribution in [0.3, 0.4) is 0 Å². The Balaban J connectivity index is 1.87. The number of carboxylic acid groups (broad SMARTS) is 1. The molecule has 1 unspecified atom stereocenters. The topological polar surface area (TPSA) is 71.8 Å². The van der Waals surface area contributed by atoms with Crippen LogP contribution in [-0.2, 0) is 16.1 Å². The fourth-order valence-corrected chi connectivity index (χ4v) is 3.07. The summed E-state index contributed by atoms with van der Waals surface area (Å²) in [5, 5.41) is 9.83. The van der Waals surface area contributed by atoms with Crippen molar-refractivity contribution in [2.24, 2.45) is 0 Å². The highest BCUT2D eigenvalue weighted by molar-refractivity contribution is 6.07. The Labute approximate surface area is 134 Å². The molecule has 3 rings (SSSR count). The molecule has 1 atom stereocenters. The quantitative estimate of drug-likeness (QED) is 0.936. The molecule has 0 saturated carbocycles. The van der Waals surface area contributed by atoms with Crippen LogP contribution in [0.25, 0.3) is 10.9 Å². The molecule has 1 aromatic heterocycles.